The molecule has 17 heavy (non-hydrogen) atoms. The van der Waals surface area contributed by atoms with Gasteiger partial charge in [-0.25, -0.2) is 4.98 Å². The number of imidazole rings is 1. The molecule has 1 aromatic heterocycles. The molecule has 0 amide bonds. The van der Waals surface area contributed by atoms with Gasteiger partial charge in [0.05, 0.1) is 22.5 Å². The van der Waals surface area contributed by atoms with Gasteiger partial charge < -0.3 is 9.67 Å². The second kappa shape index (κ2) is 5.19. The van der Waals surface area contributed by atoms with Crippen LogP contribution in [0.2, 0.25) is 0 Å². The summed E-state index contributed by atoms with van der Waals surface area (Å²) >= 11 is 3.55. The molecule has 2 aromatic rings. The molecule has 0 saturated carbocycles. The van der Waals surface area contributed by atoms with Gasteiger partial charge in [0.25, 0.3) is 0 Å². The number of alkyl halides is 1. The van der Waals surface area contributed by atoms with Crippen molar-refractivity contribution in [1.82, 2.24) is 9.55 Å². The van der Waals surface area contributed by atoms with Crippen LogP contribution in [0.5, 0.6) is 0 Å². The van der Waals surface area contributed by atoms with E-state index in [1.807, 2.05) is 0 Å². The molecule has 2 rings (SSSR count). The molecule has 0 bridgehead atoms. The Morgan fingerprint density at radius 3 is 2.82 bits per heavy atom. The van der Waals surface area contributed by atoms with Gasteiger partial charge in [0, 0.05) is 6.54 Å². The third kappa shape index (κ3) is 2.38. The molecule has 0 radical (unpaired) electrons. The zero-order chi connectivity index (χ0) is 12.4. The summed E-state index contributed by atoms with van der Waals surface area (Å²) in [4.78, 5) is 4.83. The Morgan fingerprint density at radius 1 is 1.47 bits per heavy atom. The van der Waals surface area contributed by atoms with Gasteiger partial charge in [-0.3, -0.25) is 0 Å². The molecule has 0 saturated heterocycles. The first-order chi connectivity index (χ1) is 8.17. The first kappa shape index (κ1) is 12.6. The Labute approximate surface area is 110 Å². The van der Waals surface area contributed by atoms with E-state index in [1.54, 1.807) is 0 Å². The fourth-order valence-electron chi connectivity index (χ4n) is 2.05. The summed E-state index contributed by atoms with van der Waals surface area (Å²) in [6.07, 6.45) is 1.02. The van der Waals surface area contributed by atoms with Gasteiger partial charge in [-0.15, -0.1) is 0 Å². The normalized spacial score (nSPS) is 13.2. The molecule has 1 N–H and O–H groups in total. The van der Waals surface area contributed by atoms with Crippen molar-refractivity contribution in [3.8, 4) is 0 Å². The maximum Gasteiger partial charge on any atom is 0.123 e. The summed E-state index contributed by atoms with van der Waals surface area (Å²) < 4.78 is 2.08. The highest BCUT2D eigenvalue weighted by Gasteiger charge is 2.14. The van der Waals surface area contributed by atoms with E-state index in [1.165, 1.54) is 5.56 Å². The van der Waals surface area contributed by atoms with Crippen LogP contribution < -0.4 is 0 Å². The third-order valence-electron chi connectivity index (χ3n) is 2.93. The number of benzene rings is 1. The van der Waals surface area contributed by atoms with E-state index in [4.69, 9.17) is 5.11 Å². The minimum atomic E-state index is 0.133. The van der Waals surface area contributed by atoms with Crippen LogP contribution in [0.3, 0.4) is 0 Å². The number of aryl methyl sites for hydroxylation is 1. The van der Waals surface area contributed by atoms with Gasteiger partial charge in [-0.05, 0) is 31.0 Å². The predicted molar refractivity (Wildman–Crippen MR) is 73.5 cm³/mol. The number of hydrogen-bond donors (Lipinski definition) is 1. The molecule has 3 nitrogen and oxygen atoms in total. The molecule has 1 heterocycles. The van der Waals surface area contributed by atoms with Crippen LogP contribution >= 0.6 is 15.9 Å². The van der Waals surface area contributed by atoms with E-state index >= 15 is 0 Å². The van der Waals surface area contributed by atoms with Gasteiger partial charge in [0.1, 0.15) is 5.82 Å². The number of aliphatic hydroxyl groups is 1. The third-order valence-corrected chi connectivity index (χ3v) is 3.34. The van der Waals surface area contributed by atoms with Crippen LogP contribution in [0.15, 0.2) is 18.2 Å². The van der Waals surface area contributed by atoms with Crippen molar-refractivity contribution in [2.75, 3.05) is 6.61 Å². The van der Waals surface area contributed by atoms with Gasteiger partial charge in [-0.1, -0.05) is 28.9 Å². The topological polar surface area (TPSA) is 38.0 Å². The zero-order valence-electron chi connectivity index (χ0n) is 10.2. The zero-order valence-corrected chi connectivity index (χ0v) is 11.7. The van der Waals surface area contributed by atoms with Gasteiger partial charge >= 0.3 is 0 Å². The average Bonchev–Trinajstić information content (AvgIpc) is 2.68. The lowest BCUT2D eigenvalue weighted by Gasteiger charge is -2.08. The van der Waals surface area contributed by atoms with Crippen LogP contribution in [0.1, 0.15) is 30.1 Å². The fourth-order valence-corrected chi connectivity index (χ4v) is 2.40. The summed E-state index contributed by atoms with van der Waals surface area (Å²) in [5.74, 6) is 0.974. The quantitative estimate of drug-likeness (QED) is 0.881. The Kier molecular flexibility index (Phi) is 3.84. The van der Waals surface area contributed by atoms with E-state index in [2.05, 4.69) is 57.5 Å². The van der Waals surface area contributed by atoms with Crippen molar-refractivity contribution in [2.45, 2.75) is 31.6 Å². The van der Waals surface area contributed by atoms with Crippen LogP contribution in [0.4, 0.5) is 0 Å². The smallest absolute Gasteiger partial charge is 0.123 e. The van der Waals surface area contributed by atoms with Crippen LogP contribution in [-0.2, 0) is 13.0 Å². The highest BCUT2D eigenvalue weighted by molar-refractivity contribution is 9.09. The van der Waals surface area contributed by atoms with Crippen molar-refractivity contribution in [2.24, 2.45) is 0 Å². The van der Waals surface area contributed by atoms with Gasteiger partial charge in [-0.2, -0.15) is 0 Å². The summed E-state index contributed by atoms with van der Waals surface area (Å²) in [6.45, 7) is 4.91. The molecule has 1 atom stereocenters. The lowest BCUT2D eigenvalue weighted by atomic mass is 10.1. The minimum Gasteiger partial charge on any atom is -0.395 e. The average molecular weight is 297 g/mol. The molecular weight excluding hydrogens is 280 g/mol. The summed E-state index contributed by atoms with van der Waals surface area (Å²) in [5.41, 5.74) is 3.40. The molecule has 0 aliphatic heterocycles. The molecule has 4 heteroatoms. The summed E-state index contributed by atoms with van der Waals surface area (Å²) in [7, 11) is 0. The predicted octanol–water partition coefficient (Wildman–Crippen LogP) is 3.05. The molecule has 1 aromatic carbocycles. The number of aromatic nitrogens is 2. The first-order valence-electron chi connectivity index (χ1n) is 5.91. The monoisotopic (exact) mass is 296 g/mol. The van der Waals surface area contributed by atoms with E-state index in [-0.39, 0.29) is 11.4 Å². The van der Waals surface area contributed by atoms with Crippen molar-refractivity contribution in [3.05, 3.63) is 29.6 Å². The first-order valence-corrected chi connectivity index (χ1v) is 6.83. The number of nitrogens with zero attached hydrogens (tertiary/aromatic N) is 2. The van der Waals surface area contributed by atoms with Gasteiger partial charge in [0.15, 0.2) is 0 Å². The molecular formula is C13H17BrN2O. The highest BCUT2D eigenvalue weighted by Crippen LogP contribution is 2.26. The Hall–Kier alpha value is -0.870. The molecule has 0 spiro atoms. The Balaban J connectivity index is 2.61. The molecule has 92 valence electrons. The van der Waals surface area contributed by atoms with E-state index in [9.17, 15) is 0 Å². The second-order valence-electron chi connectivity index (χ2n) is 4.14. The SMILES string of the molecule is CCc1ccc2c(c1)nc(C(C)Br)n2CCO. The Bertz CT molecular complexity index is 519. The Morgan fingerprint density at radius 2 is 2.24 bits per heavy atom. The maximum atomic E-state index is 9.14. The van der Waals surface area contributed by atoms with Crippen LogP contribution in [0.25, 0.3) is 11.0 Å². The van der Waals surface area contributed by atoms with Crippen LogP contribution in [0, 0.1) is 0 Å². The largest absolute Gasteiger partial charge is 0.395 e. The molecule has 1 unspecified atom stereocenters. The van der Waals surface area contributed by atoms with E-state index < -0.39 is 0 Å². The van der Waals surface area contributed by atoms with Crippen LogP contribution in [-0.4, -0.2) is 21.3 Å². The van der Waals surface area contributed by atoms with Crippen molar-refractivity contribution < 1.29 is 5.11 Å². The highest BCUT2D eigenvalue weighted by atomic mass is 79.9. The number of rotatable bonds is 4. The number of fused-ring (bicyclic) bond motifs is 1. The second-order valence-corrected chi connectivity index (χ2v) is 5.51. The lowest BCUT2D eigenvalue weighted by Crippen LogP contribution is -2.07. The molecule has 0 aliphatic rings. The van der Waals surface area contributed by atoms with E-state index in [0.29, 0.717) is 6.54 Å². The maximum absolute atomic E-state index is 9.14. The number of aliphatic hydroxyl groups excluding tert-OH is 1. The fraction of sp³-hybridized carbons (Fsp3) is 0.462. The molecule has 0 fully saturated rings. The van der Waals surface area contributed by atoms with Crippen molar-refractivity contribution >= 4 is 27.0 Å². The number of halogens is 1. The van der Waals surface area contributed by atoms with E-state index in [0.717, 1.165) is 23.3 Å². The summed E-state index contributed by atoms with van der Waals surface area (Å²) in [5, 5.41) is 9.14. The van der Waals surface area contributed by atoms with Crippen molar-refractivity contribution in [1.29, 1.82) is 0 Å². The standard InChI is InChI=1S/C13H17BrN2O/c1-3-10-4-5-12-11(8-10)15-13(9(2)14)16(12)6-7-17/h4-5,8-9,17H,3,6-7H2,1-2H3. The minimum absolute atomic E-state index is 0.133. The summed E-state index contributed by atoms with van der Waals surface area (Å²) in [6, 6.07) is 6.35. The molecule has 0 aliphatic carbocycles. The van der Waals surface area contributed by atoms with Crippen molar-refractivity contribution in [3.63, 3.8) is 0 Å². The van der Waals surface area contributed by atoms with Gasteiger partial charge in [0.2, 0.25) is 0 Å². The number of hydrogen-bond acceptors (Lipinski definition) is 2. The lowest BCUT2D eigenvalue weighted by molar-refractivity contribution is 0.276.